The fourth-order valence-electron chi connectivity index (χ4n) is 3.86. The summed E-state index contributed by atoms with van der Waals surface area (Å²) in [6.07, 6.45) is 1.61. The number of aromatic nitrogens is 2. The van der Waals surface area contributed by atoms with Crippen LogP contribution < -0.4 is 19.5 Å². The number of hydrogen-bond donors (Lipinski definition) is 1. The Morgan fingerprint density at radius 1 is 0.850 bits per heavy atom. The molecule has 1 heterocycles. The van der Waals surface area contributed by atoms with Crippen LogP contribution in [0.25, 0.3) is 11.1 Å². The number of amides is 1. The van der Waals surface area contributed by atoms with E-state index in [1.807, 2.05) is 54.6 Å². The molecule has 40 heavy (non-hydrogen) atoms. The number of nitrogens with zero attached hydrogens (tertiary/aromatic N) is 3. The standard InChI is InChI=1S/C30H24N4O6/c1-38-25-11-13-27(14-12-25)40-28-18-23(17-24(19-28)34(36)37)31-30(35)29-15-16-33(32-29)20-39-26-9-7-22(8-10-26)21-5-3-2-4-6-21/h2-19H,20H2,1H3,(H,31,35). The van der Waals surface area contributed by atoms with Gasteiger partial charge in [0.25, 0.3) is 11.6 Å². The van der Waals surface area contributed by atoms with Crippen molar-refractivity contribution >= 4 is 17.3 Å². The quantitative estimate of drug-likeness (QED) is 0.159. The van der Waals surface area contributed by atoms with Crippen LogP contribution in [0.15, 0.2) is 109 Å². The van der Waals surface area contributed by atoms with Crippen molar-refractivity contribution < 1.29 is 23.9 Å². The Bertz CT molecular complexity index is 1620. The Labute approximate surface area is 229 Å². The van der Waals surface area contributed by atoms with Crippen molar-refractivity contribution in [1.29, 1.82) is 0 Å². The number of rotatable bonds is 10. The third kappa shape index (κ3) is 6.43. The second-order valence-corrected chi connectivity index (χ2v) is 8.61. The Morgan fingerprint density at radius 3 is 2.23 bits per heavy atom. The first kappa shape index (κ1) is 26.0. The maximum Gasteiger partial charge on any atom is 0.276 e. The maximum atomic E-state index is 12.8. The fourth-order valence-corrected chi connectivity index (χ4v) is 3.86. The number of non-ortho nitro benzene ring substituents is 1. The summed E-state index contributed by atoms with van der Waals surface area (Å²) >= 11 is 0. The number of nitro benzene ring substituents is 1. The van der Waals surface area contributed by atoms with E-state index in [2.05, 4.69) is 10.4 Å². The highest BCUT2D eigenvalue weighted by atomic mass is 16.6. The Morgan fingerprint density at radius 2 is 1.52 bits per heavy atom. The number of hydrogen-bond acceptors (Lipinski definition) is 7. The summed E-state index contributed by atoms with van der Waals surface area (Å²) in [5.41, 5.74) is 2.25. The molecule has 0 fully saturated rings. The molecule has 0 saturated carbocycles. The summed E-state index contributed by atoms with van der Waals surface area (Å²) in [6, 6.07) is 30.0. The van der Waals surface area contributed by atoms with Crippen LogP contribution >= 0.6 is 0 Å². The fraction of sp³-hybridized carbons (Fsp3) is 0.0667. The minimum Gasteiger partial charge on any atom is -0.497 e. The van der Waals surface area contributed by atoms with Crippen LogP contribution in [-0.2, 0) is 6.73 Å². The molecular formula is C30H24N4O6. The largest absolute Gasteiger partial charge is 0.497 e. The predicted molar refractivity (Wildman–Crippen MR) is 149 cm³/mol. The summed E-state index contributed by atoms with van der Waals surface area (Å²) in [5.74, 6) is 1.40. The van der Waals surface area contributed by atoms with Gasteiger partial charge in [-0.25, -0.2) is 4.68 Å². The average molecular weight is 537 g/mol. The molecule has 0 unspecified atom stereocenters. The molecule has 1 N–H and O–H groups in total. The van der Waals surface area contributed by atoms with Gasteiger partial charge >= 0.3 is 0 Å². The van der Waals surface area contributed by atoms with Gasteiger partial charge < -0.3 is 19.5 Å². The third-order valence-electron chi connectivity index (χ3n) is 5.85. The van der Waals surface area contributed by atoms with E-state index in [4.69, 9.17) is 14.2 Å². The van der Waals surface area contributed by atoms with Crippen LogP contribution in [0.3, 0.4) is 0 Å². The number of benzene rings is 4. The molecule has 0 radical (unpaired) electrons. The monoisotopic (exact) mass is 536 g/mol. The van der Waals surface area contributed by atoms with E-state index in [1.165, 1.54) is 28.9 Å². The molecule has 0 saturated heterocycles. The van der Waals surface area contributed by atoms with Crippen molar-refractivity contribution in [2.45, 2.75) is 6.73 Å². The average Bonchev–Trinajstić information content (AvgIpc) is 3.46. The smallest absolute Gasteiger partial charge is 0.276 e. The van der Waals surface area contributed by atoms with Gasteiger partial charge in [-0.05, 0) is 53.6 Å². The minimum atomic E-state index is -0.561. The number of nitrogens with one attached hydrogen (secondary N) is 1. The number of carbonyl (C=O) groups is 1. The Hall–Kier alpha value is -5.64. The molecule has 0 aliphatic rings. The maximum absolute atomic E-state index is 12.8. The van der Waals surface area contributed by atoms with Gasteiger partial charge in [0, 0.05) is 18.3 Å². The van der Waals surface area contributed by atoms with Crippen molar-refractivity contribution in [3.05, 3.63) is 125 Å². The SMILES string of the molecule is COc1ccc(Oc2cc(NC(=O)c3ccn(COc4ccc(-c5ccccc5)cc4)n3)cc([N+](=O)[O-])c2)cc1. The van der Waals surface area contributed by atoms with Gasteiger partial charge in [-0.3, -0.25) is 14.9 Å². The van der Waals surface area contributed by atoms with E-state index in [0.29, 0.717) is 17.2 Å². The zero-order chi connectivity index (χ0) is 27.9. The molecule has 4 aromatic carbocycles. The van der Waals surface area contributed by atoms with Gasteiger partial charge in [-0.15, -0.1) is 0 Å². The molecule has 10 nitrogen and oxygen atoms in total. The summed E-state index contributed by atoms with van der Waals surface area (Å²) in [6.45, 7) is 0.0919. The Kier molecular flexibility index (Phi) is 7.68. The van der Waals surface area contributed by atoms with E-state index in [-0.39, 0.29) is 29.5 Å². The first-order valence-corrected chi connectivity index (χ1v) is 12.2. The van der Waals surface area contributed by atoms with Crippen LogP contribution in [0.5, 0.6) is 23.0 Å². The van der Waals surface area contributed by atoms with Crippen LogP contribution in [0.1, 0.15) is 10.5 Å². The topological polar surface area (TPSA) is 118 Å². The third-order valence-corrected chi connectivity index (χ3v) is 5.85. The van der Waals surface area contributed by atoms with Crippen molar-refractivity contribution in [2.75, 3.05) is 12.4 Å². The van der Waals surface area contributed by atoms with E-state index < -0.39 is 10.8 Å². The molecule has 5 rings (SSSR count). The lowest BCUT2D eigenvalue weighted by molar-refractivity contribution is -0.384. The lowest BCUT2D eigenvalue weighted by atomic mass is 10.1. The molecule has 200 valence electrons. The van der Waals surface area contributed by atoms with Crippen LogP contribution in [0.2, 0.25) is 0 Å². The lowest BCUT2D eigenvalue weighted by Crippen LogP contribution is -2.14. The first-order chi connectivity index (χ1) is 19.5. The van der Waals surface area contributed by atoms with Crippen molar-refractivity contribution in [3.63, 3.8) is 0 Å². The van der Waals surface area contributed by atoms with E-state index >= 15 is 0 Å². The van der Waals surface area contributed by atoms with Gasteiger partial charge in [-0.2, -0.15) is 5.10 Å². The molecule has 10 heteroatoms. The zero-order valence-electron chi connectivity index (χ0n) is 21.4. The Balaban J connectivity index is 1.22. The first-order valence-electron chi connectivity index (χ1n) is 12.2. The predicted octanol–water partition coefficient (Wildman–Crippen LogP) is 6.55. The van der Waals surface area contributed by atoms with Gasteiger partial charge in [0.15, 0.2) is 12.4 Å². The van der Waals surface area contributed by atoms with Crippen LogP contribution in [0.4, 0.5) is 11.4 Å². The number of carbonyl (C=O) groups excluding carboxylic acids is 1. The second-order valence-electron chi connectivity index (χ2n) is 8.61. The minimum absolute atomic E-state index is 0.0919. The highest BCUT2D eigenvalue weighted by molar-refractivity contribution is 6.03. The van der Waals surface area contributed by atoms with Crippen molar-refractivity contribution in [3.8, 4) is 34.1 Å². The molecule has 5 aromatic rings. The van der Waals surface area contributed by atoms with Gasteiger partial charge in [0.1, 0.15) is 23.0 Å². The van der Waals surface area contributed by atoms with E-state index in [0.717, 1.165) is 11.1 Å². The molecule has 0 bridgehead atoms. The summed E-state index contributed by atoms with van der Waals surface area (Å²) < 4.78 is 18.2. The molecular weight excluding hydrogens is 512 g/mol. The van der Waals surface area contributed by atoms with E-state index in [9.17, 15) is 14.9 Å². The summed E-state index contributed by atoms with van der Waals surface area (Å²) in [4.78, 5) is 23.8. The molecule has 0 aliphatic carbocycles. The number of ether oxygens (including phenoxy) is 3. The number of anilines is 1. The molecule has 1 aromatic heterocycles. The molecule has 0 spiro atoms. The lowest BCUT2D eigenvalue weighted by Gasteiger charge is -2.10. The van der Waals surface area contributed by atoms with Crippen LogP contribution in [-0.4, -0.2) is 27.7 Å². The summed E-state index contributed by atoms with van der Waals surface area (Å²) in [7, 11) is 1.55. The number of nitro groups is 1. The van der Waals surface area contributed by atoms with Crippen LogP contribution in [0, 0.1) is 10.1 Å². The van der Waals surface area contributed by atoms with Gasteiger partial charge in [0.05, 0.1) is 23.8 Å². The summed E-state index contributed by atoms with van der Waals surface area (Å²) in [5, 5.41) is 18.4. The normalized spacial score (nSPS) is 10.5. The van der Waals surface area contributed by atoms with E-state index in [1.54, 1.807) is 37.6 Å². The zero-order valence-corrected chi connectivity index (χ0v) is 21.4. The second kappa shape index (κ2) is 11.8. The van der Waals surface area contributed by atoms with Crippen molar-refractivity contribution in [2.24, 2.45) is 0 Å². The highest BCUT2D eigenvalue weighted by Gasteiger charge is 2.16. The number of methoxy groups -OCH3 is 1. The molecule has 0 aliphatic heterocycles. The molecule has 1 amide bonds. The highest BCUT2D eigenvalue weighted by Crippen LogP contribution is 2.31. The van der Waals surface area contributed by atoms with Crippen molar-refractivity contribution in [1.82, 2.24) is 9.78 Å². The molecule has 0 atom stereocenters. The van der Waals surface area contributed by atoms with Gasteiger partial charge in [0.2, 0.25) is 0 Å². The van der Waals surface area contributed by atoms with Gasteiger partial charge in [-0.1, -0.05) is 42.5 Å².